The third-order valence-electron chi connectivity index (χ3n) is 5.82. The van der Waals surface area contributed by atoms with Crippen molar-refractivity contribution in [1.29, 1.82) is 0 Å². The number of carbonyl (C=O) groups excluding carboxylic acids is 3. The Morgan fingerprint density at radius 3 is 2.58 bits per heavy atom. The van der Waals surface area contributed by atoms with Gasteiger partial charge in [0.25, 0.3) is 0 Å². The number of nitrogens with zero attached hydrogens (tertiary/aromatic N) is 3. The number of fused-ring (bicyclic) bond motifs is 1. The van der Waals surface area contributed by atoms with Crippen LogP contribution in [0.3, 0.4) is 0 Å². The Bertz CT molecular complexity index is 1150. The quantitative estimate of drug-likeness (QED) is 0.688. The van der Waals surface area contributed by atoms with Gasteiger partial charge in [-0.15, -0.1) is 16.7 Å². The van der Waals surface area contributed by atoms with E-state index in [4.69, 9.17) is 0 Å². The normalized spacial score (nSPS) is 20.8. The van der Waals surface area contributed by atoms with Gasteiger partial charge < -0.3 is 4.90 Å². The predicted molar refractivity (Wildman–Crippen MR) is 122 cm³/mol. The van der Waals surface area contributed by atoms with Gasteiger partial charge >= 0.3 is 11.9 Å². The molecule has 1 atom stereocenters. The van der Waals surface area contributed by atoms with Crippen LogP contribution in [-0.4, -0.2) is 39.9 Å². The zero-order valence-electron chi connectivity index (χ0n) is 17.2. The van der Waals surface area contributed by atoms with Crippen molar-refractivity contribution < 1.29 is 19.0 Å². The predicted octanol–water partition coefficient (Wildman–Crippen LogP) is 3.87. The molecule has 5 rings (SSSR count). The van der Waals surface area contributed by atoms with Gasteiger partial charge in [-0.1, -0.05) is 24.3 Å². The van der Waals surface area contributed by atoms with E-state index in [1.54, 1.807) is 15.5 Å². The SMILES string of the molecule is Cc1cccc(N2C(=O)C3SC=CC3=[N+](Cc3ccc(N4CCCC4=O)cc3)C2=O)c1. The van der Waals surface area contributed by atoms with E-state index in [0.717, 1.165) is 35.5 Å². The lowest BCUT2D eigenvalue weighted by Crippen LogP contribution is -2.55. The lowest BCUT2D eigenvalue weighted by molar-refractivity contribution is -0.444. The summed E-state index contributed by atoms with van der Waals surface area (Å²) in [4.78, 5) is 41.6. The molecule has 1 fully saturated rings. The second-order valence-corrected chi connectivity index (χ2v) is 8.96. The fourth-order valence-electron chi connectivity index (χ4n) is 4.25. The molecule has 156 valence electrons. The van der Waals surface area contributed by atoms with Crippen LogP contribution in [0.1, 0.15) is 24.0 Å². The first-order valence-corrected chi connectivity index (χ1v) is 11.3. The maximum atomic E-state index is 13.4. The first-order valence-electron chi connectivity index (χ1n) is 10.3. The number of thioether (sulfide) groups is 1. The Balaban J connectivity index is 1.46. The van der Waals surface area contributed by atoms with E-state index < -0.39 is 5.25 Å². The molecule has 31 heavy (non-hydrogen) atoms. The van der Waals surface area contributed by atoms with Crippen LogP contribution in [-0.2, 0) is 16.1 Å². The lowest BCUT2D eigenvalue weighted by atomic mass is 10.1. The summed E-state index contributed by atoms with van der Waals surface area (Å²) < 4.78 is 1.68. The second-order valence-electron chi connectivity index (χ2n) is 7.94. The number of urea groups is 1. The van der Waals surface area contributed by atoms with Crippen molar-refractivity contribution in [3.05, 3.63) is 71.1 Å². The molecular weight excluding hydrogens is 410 g/mol. The van der Waals surface area contributed by atoms with E-state index in [-0.39, 0.29) is 17.8 Å². The standard InChI is InChI=1S/C24H22N3O3S/c1-16-4-2-5-19(14-16)27-23(29)22-20(11-13-31-22)26(24(27)30)15-17-7-9-18(10-8-17)25-12-3-6-21(25)28/h2,4-5,7-11,13-14,22H,3,6,12,15H2,1H3/q+1. The largest absolute Gasteiger partial charge is 0.506 e. The summed E-state index contributed by atoms with van der Waals surface area (Å²) in [5, 5.41) is 1.46. The van der Waals surface area contributed by atoms with Crippen molar-refractivity contribution in [3.8, 4) is 0 Å². The molecule has 2 aromatic rings. The highest BCUT2D eigenvalue weighted by atomic mass is 32.2. The van der Waals surface area contributed by atoms with E-state index in [1.165, 1.54) is 16.7 Å². The molecule has 0 radical (unpaired) electrons. The van der Waals surface area contributed by atoms with Gasteiger partial charge in [-0.2, -0.15) is 9.37 Å². The number of anilines is 2. The van der Waals surface area contributed by atoms with Crippen molar-refractivity contribution in [3.63, 3.8) is 0 Å². The van der Waals surface area contributed by atoms with Gasteiger partial charge in [0.1, 0.15) is 17.9 Å². The van der Waals surface area contributed by atoms with Crippen LogP contribution in [0.15, 0.2) is 60.0 Å². The van der Waals surface area contributed by atoms with E-state index in [1.807, 2.05) is 60.9 Å². The average Bonchev–Trinajstić information content (AvgIpc) is 3.41. The van der Waals surface area contributed by atoms with E-state index >= 15 is 0 Å². The summed E-state index contributed by atoms with van der Waals surface area (Å²) in [6, 6.07) is 14.9. The molecule has 0 bridgehead atoms. The Morgan fingerprint density at radius 2 is 1.87 bits per heavy atom. The molecule has 4 amide bonds. The highest BCUT2D eigenvalue weighted by Crippen LogP contribution is 2.31. The number of imide groups is 1. The average molecular weight is 433 g/mol. The van der Waals surface area contributed by atoms with Gasteiger partial charge in [-0.05, 0) is 60.2 Å². The summed E-state index contributed by atoms with van der Waals surface area (Å²) in [5.74, 6) is -0.0578. The Kier molecular flexibility index (Phi) is 4.98. The molecule has 7 heteroatoms. The molecule has 0 spiro atoms. The Hall–Kier alpha value is -3.19. The molecule has 6 nitrogen and oxygen atoms in total. The lowest BCUT2D eigenvalue weighted by Gasteiger charge is -2.24. The highest BCUT2D eigenvalue weighted by molar-refractivity contribution is 8.04. The third-order valence-corrected chi connectivity index (χ3v) is 6.83. The first kappa shape index (κ1) is 19.8. The minimum absolute atomic E-state index is 0.151. The Labute approximate surface area is 184 Å². The van der Waals surface area contributed by atoms with Crippen molar-refractivity contribution in [2.24, 2.45) is 0 Å². The summed E-state index contributed by atoms with van der Waals surface area (Å²) in [6.07, 6.45) is 3.34. The van der Waals surface area contributed by atoms with Crippen LogP contribution in [0, 0.1) is 6.92 Å². The van der Waals surface area contributed by atoms with Crippen molar-refractivity contribution in [2.75, 3.05) is 16.3 Å². The zero-order valence-corrected chi connectivity index (χ0v) is 18.0. The van der Waals surface area contributed by atoms with Gasteiger partial charge in [0.05, 0.1) is 0 Å². The zero-order chi connectivity index (χ0) is 21.5. The fraction of sp³-hybridized carbons (Fsp3) is 0.250. The number of amides is 4. The van der Waals surface area contributed by atoms with Crippen molar-refractivity contribution in [2.45, 2.75) is 31.6 Å². The molecular formula is C24H22N3O3S+. The smallest absolute Gasteiger partial charge is 0.312 e. The van der Waals surface area contributed by atoms with E-state index in [2.05, 4.69) is 0 Å². The summed E-state index contributed by atoms with van der Waals surface area (Å²) in [7, 11) is 0. The molecule has 0 aromatic heterocycles. The molecule has 1 unspecified atom stereocenters. The second kappa shape index (κ2) is 7.81. The van der Waals surface area contributed by atoms with Gasteiger partial charge in [0.15, 0.2) is 5.25 Å². The number of aryl methyl sites for hydroxylation is 1. The molecule has 3 aliphatic heterocycles. The summed E-state index contributed by atoms with van der Waals surface area (Å²) >= 11 is 1.43. The van der Waals surface area contributed by atoms with Crippen LogP contribution in [0.5, 0.6) is 0 Å². The Morgan fingerprint density at radius 1 is 1.06 bits per heavy atom. The van der Waals surface area contributed by atoms with Crippen LogP contribution in [0.25, 0.3) is 0 Å². The number of allylic oxidation sites excluding steroid dienone is 1. The fourth-order valence-corrected chi connectivity index (χ4v) is 5.19. The highest BCUT2D eigenvalue weighted by Gasteiger charge is 2.50. The maximum Gasteiger partial charge on any atom is 0.506 e. The first-order chi connectivity index (χ1) is 15.0. The summed E-state index contributed by atoms with van der Waals surface area (Å²) in [6.45, 7) is 3.05. The van der Waals surface area contributed by atoms with Crippen LogP contribution in [0.4, 0.5) is 16.2 Å². The van der Waals surface area contributed by atoms with E-state index in [9.17, 15) is 14.4 Å². The summed E-state index contributed by atoms with van der Waals surface area (Å²) in [5.41, 5.74) is 4.13. The van der Waals surface area contributed by atoms with Crippen molar-refractivity contribution >= 4 is 46.7 Å². The van der Waals surface area contributed by atoms with Crippen LogP contribution < -0.4 is 9.80 Å². The maximum absolute atomic E-state index is 13.4. The molecule has 3 aliphatic rings. The number of hydrogen-bond donors (Lipinski definition) is 0. The number of benzene rings is 2. The number of hydrogen-bond acceptors (Lipinski definition) is 4. The molecule has 3 heterocycles. The van der Waals surface area contributed by atoms with Crippen LogP contribution in [0.2, 0.25) is 0 Å². The molecule has 0 aliphatic carbocycles. The minimum Gasteiger partial charge on any atom is -0.312 e. The third kappa shape index (κ3) is 3.49. The molecule has 2 aromatic carbocycles. The van der Waals surface area contributed by atoms with Crippen LogP contribution >= 0.6 is 11.8 Å². The van der Waals surface area contributed by atoms with Gasteiger partial charge in [-0.3, -0.25) is 4.79 Å². The number of rotatable bonds is 4. The minimum atomic E-state index is -0.417. The van der Waals surface area contributed by atoms with Gasteiger partial charge in [-0.25, -0.2) is 4.79 Å². The van der Waals surface area contributed by atoms with Gasteiger partial charge in [0, 0.05) is 18.7 Å². The topological polar surface area (TPSA) is 60.7 Å². The number of carbonyl (C=O) groups is 3. The van der Waals surface area contributed by atoms with E-state index in [0.29, 0.717) is 18.7 Å². The molecule has 0 N–H and O–H groups in total. The van der Waals surface area contributed by atoms with Gasteiger partial charge in [0.2, 0.25) is 5.91 Å². The molecule has 0 saturated carbocycles. The molecule has 1 saturated heterocycles. The van der Waals surface area contributed by atoms with Crippen molar-refractivity contribution in [1.82, 2.24) is 0 Å². The monoisotopic (exact) mass is 432 g/mol.